The molecule has 0 saturated heterocycles. The number of imidazole rings is 2. The molecule has 0 aliphatic rings. The minimum Gasteiger partial charge on any atom is -0.345 e. The predicted molar refractivity (Wildman–Crippen MR) is 50.5 cm³/mol. The van der Waals surface area contributed by atoms with Crippen LogP contribution in [-0.4, -0.2) is 19.9 Å². The largest absolute Gasteiger partial charge is 0.345 e. The van der Waals surface area contributed by atoms with E-state index in [1.807, 2.05) is 19.1 Å². The summed E-state index contributed by atoms with van der Waals surface area (Å²) in [5.74, 6) is 0.933. The van der Waals surface area contributed by atoms with E-state index in [1.54, 1.807) is 6.33 Å². The molecule has 0 amide bonds. The van der Waals surface area contributed by atoms with Gasteiger partial charge in [0.05, 0.1) is 28.4 Å². The summed E-state index contributed by atoms with van der Waals surface area (Å²) in [4.78, 5) is 14.7. The number of aryl methyl sites for hydroxylation is 1. The number of nitrogens with one attached hydrogen (secondary N) is 2. The summed E-state index contributed by atoms with van der Waals surface area (Å²) in [6.45, 7) is 1.95. The van der Waals surface area contributed by atoms with Crippen LogP contribution in [0.3, 0.4) is 0 Å². The molecule has 13 heavy (non-hydrogen) atoms. The molecule has 3 aromatic rings. The number of hydrogen-bond acceptors (Lipinski definition) is 2. The Morgan fingerprint density at radius 2 is 2.08 bits per heavy atom. The van der Waals surface area contributed by atoms with Crippen LogP contribution in [0.5, 0.6) is 0 Å². The van der Waals surface area contributed by atoms with Gasteiger partial charge < -0.3 is 9.97 Å². The van der Waals surface area contributed by atoms with Crippen molar-refractivity contribution in [3.63, 3.8) is 0 Å². The Morgan fingerprint density at radius 1 is 1.15 bits per heavy atom. The summed E-state index contributed by atoms with van der Waals surface area (Å²) >= 11 is 0. The van der Waals surface area contributed by atoms with Gasteiger partial charge in [-0.1, -0.05) is 0 Å². The van der Waals surface area contributed by atoms with Crippen LogP contribution in [0.4, 0.5) is 0 Å². The van der Waals surface area contributed by atoms with E-state index in [0.717, 1.165) is 27.9 Å². The van der Waals surface area contributed by atoms with Crippen molar-refractivity contribution in [2.45, 2.75) is 6.92 Å². The minimum absolute atomic E-state index is 0.933. The molecule has 64 valence electrons. The van der Waals surface area contributed by atoms with E-state index in [-0.39, 0.29) is 0 Å². The lowest BCUT2D eigenvalue weighted by atomic mass is 10.3. The molecule has 3 rings (SSSR count). The second-order valence-corrected chi connectivity index (χ2v) is 3.11. The SMILES string of the molecule is Cc1nc2cc3nc[nH]c3cc2[nH]1. The lowest BCUT2D eigenvalue weighted by Gasteiger charge is -1.87. The molecule has 2 N–H and O–H groups in total. The smallest absolute Gasteiger partial charge is 0.104 e. The fourth-order valence-corrected chi connectivity index (χ4v) is 1.57. The maximum Gasteiger partial charge on any atom is 0.104 e. The van der Waals surface area contributed by atoms with E-state index >= 15 is 0 Å². The van der Waals surface area contributed by atoms with Gasteiger partial charge in [0.2, 0.25) is 0 Å². The van der Waals surface area contributed by atoms with Crippen LogP contribution in [-0.2, 0) is 0 Å². The van der Waals surface area contributed by atoms with Crippen molar-refractivity contribution in [1.82, 2.24) is 19.9 Å². The maximum atomic E-state index is 4.33. The highest BCUT2D eigenvalue weighted by atomic mass is 14.9. The average Bonchev–Trinajstić information content (AvgIpc) is 2.63. The summed E-state index contributed by atoms with van der Waals surface area (Å²) in [6.07, 6.45) is 1.69. The zero-order valence-corrected chi connectivity index (χ0v) is 7.13. The van der Waals surface area contributed by atoms with Gasteiger partial charge in [0.25, 0.3) is 0 Å². The molecule has 0 fully saturated rings. The van der Waals surface area contributed by atoms with Gasteiger partial charge in [-0.05, 0) is 19.1 Å². The molecule has 0 aliphatic carbocycles. The van der Waals surface area contributed by atoms with Crippen molar-refractivity contribution in [1.29, 1.82) is 0 Å². The van der Waals surface area contributed by atoms with Crippen molar-refractivity contribution < 1.29 is 0 Å². The topological polar surface area (TPSA) is 57.4 Å². The van der Waals surface area contributed by atoms with Crippen LogP contribution < -0.4 is 0 Å². The lowest BCUT2D eigenvalue weighted by Crippen LogP contribution is -1.71. The van der Waals surface area contributed by atoms with Crippen LogP contribution in [0.25, 0.3) is 22.1 Å². The summed E-state index contributed by atoms with van der Waals surface area (Å²) in [5, 5.41) is 0. The average molecular weight is 172 g/mol. The quantitative estimate of drug-likeness (QED) is 0.542. The number of fused-ring (bicyclic) bond motifs is 2. The van der Waals surface area contributed by atoms with E-state index in [4.69, 9.17) is 0 Å². The van der Waals surface area contributed by atoms with E-state index < -0.39 is 0 Å². The molecule has 4 heteroatoms. The van der Waals surface area contributed by atoms with Crippen LogP contribution >= 0.6 is 0 Å². The number of aromatic amines is 2. The molecule has 2 heterocycles. The van der Waals surface area contributed by atoms with Gasteiger partial charge in [0.1, 0.15) is 5.82 Å². The molecule has 0 unspecified atom stereocenters. The molecule has 0 radical (unpaired) electrons. The predicted octanol–water partition coefficient (Wildman–Crippen LogP) is 1.75. The highest BCUT2D eigenvalue weighted by Gasteiger charge is 2.02. The normalized spacial score (nSPS) is 11.5. The zero-order chi connectivity index (χ0) is 8.84. The Labute approximate surface area is 74.0 Å². The molecule has 2 aromatic heterocycles. The van der Waals surface area contributed by atoms with E-state index in [0.29, 0.717) is 0 Å². The number of H-pyrrole nitrogens is 2. The van der Waals surface area contributed by atoms with Gasteiger partial charge in [-0.25, -0.2) is 9.97 Å². The monoisotopic (exact) mass is 172 g/mol. The highest BCUT2D eigenvalue weighted by Crippen LogP contribution is 2.17. The molecule has 0 saturated carbocycles. The van der Waals surface area contributed by atoms with Gasteiger partial charge in [0.15, 0.2) is 0 Å². The lowest BCUT2D eigenvalue weighted by molar-refractivity contribution is 1.17. The third-order valence-electron chi connectivity index (χ3n) is 2.14. The Hall–Kier alpha value is -1.84. The van der Waals surface area contributed by atoms with Crippen LogP contribution in [0.1, 0.15) is 5.82 Å². The van der Waals surface area contributed by atoms with Gasteiger partial charge in [-0.2, -0.15) is 0 Å². The van der Waals surface area contributed by atoms with Gasteiger partial charge in [-0.15, -0.1) is 0 Å². The number of hydrogen-bond donors (Lipinski definition) is 2. The first-order chi connectivity index (χ1) is 6.33. The molecule has 1 aromatic carbocycles. The third-order valence-corrected chi connectivity index (χ3v) is 2.14. The van der Waals surface area contributed by atoms with E-state index in [1.165, 1.54) is 0 Å². The fourth-order valence-electron chi connectivity index (χ4n) is 1.57. The number of aromatic nitrogens is 4. The Morgan fingerprint density at radius 3 is 3.00 bits per heavy atom. The number of benzene rings is 1. The van der Waals surface area contributed by atoms with Crippen molar-refractivity contribution >= 4 is 22.1 Å². The molecule has 0 spiro atoms. The van der Waals surface area contributed by atoms with Crippen LogP contribution in [0.2, 0.25) is 0 Å². The first-order valence-electron chi connectivity index (χ1n) is 4.12. The van der Waals surface area contributed by atoms with Gasteiger partial charge >= 0.3 is 0 Å². The van der Waals surface area contributed by atoms with Crippen molar-refractivity contribution in [3.05, 3.63) is 24.3 Å². The molecule has 4 nitrogen and oxygen atoms in total. The minimum atomic E-state index is 0.933. The summed E-state index contributed by atoms with van der Waals surface area (Å²) < 4.78 is 0. The first kappa shape index (κ1) is 6.65. The van der Waals surface area contributed by atoms with Gasteiger partial charge in [0, 0.05) is 0 Å². The summed E-state index contributed by atoms with van der Waals surface area (Å²) in [6, 6.07) is 4.00. The second-order valence-electron chi connectivity index (χ2n) is 3.11. The van der Waals surface area contributed by atoms with Crippen molar-refractivity contribution in [3.8, 4) is 0 Å². The van der Waals surface area contributed by atoms with E-state index in [9.17, 15) is 0 Å². The Balaban J connectivity index is 2.54. The Bertz CT molecular complexity index is 527. The molecule has 0 bridgehead atoms. The fraction of sp³-hybridized carbons (Fsp3) is 0.111. The van der Waals surface area contributed by atoms with Crippen LogP contribution in [0.15, 0.2) is 18.5 Å². The summed E-state index contributed by atoms with van der Waals surface area (Å²) in [7, 11) is 0. The molecule has 0 aliphatic heterocycles. The highest BCUT2D eigenvalue weighted by molar-refractivity contribution is 5.90. The van der Waals surface area contributed by atoms with Gasteiger partial charge in [-0.3, -0.25) is 0 Å². The molecular weight excluding hydrogens is 164 g/mol. The standard InChI is InChI=1S/C9H8N4/c1-5-12-8-2-6-7(11-4-10-6)3-9(8)13-5/h2-4H,1H3,(H,10,11)(H,12,13). The second kappa shape index (κ2) is 2.10. The first-order valence-corrected chi connectivity index (χ1v) is 4.12. The summed E-state index contributed by atoms with van der Waals surface area (Å²) in [5.41, 5.74) is 4.02. The molecule has 0 atom stereocenters. The van der Waals surface area contributed by atoms with Crippen LogP contribution in [0, 0.1) is 6.92 Å². The Kier molecular flexibility index (Phi) is 1.07. The third kappa shape index (κ3) is 0.853. The number of nitrogens with zero attached hydrogens (tertiary/aromatic N) is 2. The van der Waals surface area contributed by atoms with E-state index in [2.05, 4.69) is 19.9 Å². The zero-order valence-electron chi connectivity index (χ0n) is 7.13. The number of rotatable bonds is 0. The van der Waals surface area contributed by atoms with Crippen molar-refractivity contribution in [2.24, 2.45) is 0 Å². The van der Waals surface area contributed by atoms with Crippen molar-refractivity contribution in [2.75, 3.05) is 0 Å². The maximum absolute atomic E-state index is 4.33. The molecular formula is C9H8N4.